The Labute approximate surface area is 158 Å². The first-order chi connectivity index (χ1) is 13.2. The Morgan fingerprint density at radius 2 is 2.11 bits per heavy atom. The Morgan fingerprint density at radius 1 is 1.36 bits per heavy atom. The number of phenolic OH excluding ortho intramolecular Hbond substituents is 1. The van der Waals surface area contributed by atoms with Gasteiger partial charge in [0.25, 0.3) is 11.8 Å². The van der Waals surface area contributed by atoms with Crippen molar-refractivity contribution in [3.05, 3.63) is 58.7 Å². The number of rotatable bonds is 2. The number of guanidine groups is 1. The summed E-state index contributed by atoms with van der Waals surface area (Å²) >= 11 is 0. The third-order valence-corrected chi connectivity index (χ3v) is 4.19. The van der Waals surface area contributed by atoms with E-state index in [9.17, 15) is 23.1 Å². The zero-order valence-electron chi connectivity index (χ0n) is 14.7. The SMILES string of the molecule is [C-]#[N+]c1ccc(O)c(C(=O)NC2=NCC(F)(F)CN2)c1-c1cc(F)ccc1C. The molecule has 0 fully saturated rings. The van der Waals surface area contributed by atoms with Gasteiger partial charge in [-0.25, -0.2) is 23.0 Å². The molecule has 3 rings (SSSR count). The van der Waals surface area contributed by atoms with Crippen LogP contribution in [0, 0.1) is 19.3 Å². The summed E-state index contributed by atoms with van der Waals surface area (Å²) in [5.41, 5.74) is 0.646. The molecule has 0 saturated heterocycles. The van der Waals surface area contributed by atoms with Crippen molar-refractivity contribution in [3.63, 3.8) is 0 Å². The van der Waals surface area contributed by atoms with E-state index in [1.54, 1.807) is 6.92 Å². The molecule has 2 aromatic carbocycles. The number of amides is 1. The van der Waals surface area contributed by atoms with Crippen LogP contribution in [0.2, 0.25) is 0 Å². The molecule has 28 heavy (non-hydrogen) atoms. The Balaban J connectivity index is 2.08. The molecule has 0 spiro atoms. The second kappa shape index (κ2) is 7.23. The lowest BCUT2D eigenvalue weighted by Crippen LogP contribution is -2.50. The monoisotopic (exact) mass is 388 g/mol. The third-order valence-electron chi connectivity index (χ3n) is 4.19. The average Bonchev–Trinajstić information content (AvgIpc) is 2.65. The first-order valence-corrected chi connectivity index (χ1v) is 8.19. The summed E-state index contributed by atoms with van der Waals surface area (Å²) in [6.45, 7) is 7.54. The molecule has 1 aliphatic heterocycles. The number of nitrogens with one attached hydrogen (secondary N) is 2. The summed E-state index contributed by atoms with van der Waals surface area (Å²) in [7, 11) is 0. The molecular formula is C19H15F3N4O2. The number of hydrogen-bond donors (Lipinski definition) is 3. The molecule has 6 nitrogen and oxygen atoms in total. The first-order valence-electron chi connectivity index (χ1n) is 8.19. The number of phenols is 1. The number of alkyl halides is 2. The van der Waals surface area contributed by atoms with E-state index < -0.39 is 36.5 Å². The zero-order valence-corrected chi connectivity index (χ0v) is 14.7. The quantitative estimate of drug-likeness (QED) is 0.691. The van der Waals surface area contributed by atoms with Crippen molar-refractivity contribution < 1.29 is 23.1 Å². The highest BCUT2D eigenvalue weighted by Crippen LogP contribution is 2.40. The number of aromatic hydroxyl groups is 1. The van der Waals surface area contributed by atoms with Crippen molar-refractivity contribution in [2.75, 3.05) is 13.1 Å². The number of benzene rings is 2. The summed E-state index contributed by atoms with van der Waals surface area (Å²) in [6.07, 6.45) is 0. The number of hydrogen-bond acceptors (Lipinski definition) is 4. The van der Waals surface area contributed by atoms with Gasteiger partial charge >= 0.3 is 0 Å². The van der Waals surface area contributed by atoms with Crippen molar-refractivity contribution in [2.24, 2.45) is 4.99 Å². The maximum atomic E-state index is 13.8. The van der Waals surface area contributed by atoms with Crippen LogP contribution in [-0.4, -0.2) is 36.0 Å². The summed E-state index contributed by atoms with van der Waals surface area (Å²) < 4.78 is 40.2. The van der Waals surface area contributed by atoms with E-state index >= 15 is 0 Å². The number of carbonyl (C=O) groups excluding carboxylic acids is 1. The van der Waals surface area contributed by atoms with Crippen molar-refractivity contribution in [1.82, 2.24) is 10.6 Å². The minimum Gasteiger partial charge on any atom is -0.507 e. The van der Waals surface area contributed by atoms with Crippen molar-refractivity contribution in [2.45, 2.75) is 12.8 Å². The molecule has 3 N–H and O–H groups in total. The summed E-state index contributed by atoms with van der Waals surface area (Å²) in [5.74, 6) is -5.08. The lowest BCUT2D eigenvalue weighted by Gasteiger charge is -2.23. The molecular weight excluding hydrogens is 373 g/mol. The number of aryl methyl sites for hydroxylation is 1. The standard InChI is InChI=1S/C19H15F3N4O2/c1-10-3-4-11(20)7-12(10)15-13(23-2)5-6-14(27)16(15)17(28)26-18-24-8-19(21,22)9-25-18/h3-7,27H,8-9H2,1H3,(H2,24,25,26,28). The molecule has 1 aliphatic rings. The highest BCUT2D eigenvalue weighted by molar-refractivity contribution is 6.12. The fourth-order valence-corrected chi connectivity index (χ4v) is 2.81. The predicted octanol–water partition coefficient (Wildman–Crippen LogP) is 3.38. The molecule has 0 unspecified atom stereocenters. The second-order valence-electron chi connectivity index (χ2n) is 6.25. The smallest absolute Gasteiger partial charge is 0.284 e. The van der Waals surface area contributed by atoms with Gasteiger partial charge in [0.1, 0.15) is 18.1 Å². The molecule has 0 saturated carbocycles. The van der Waals surface area contributed by atoms with Gasteiger partial charge in [-0.1, -0.05) is 12.1 Å². The van der Waals surface area contributed by atoms with Gasteiger partial charge in [-0.3, -0.25) is 10.1 Å². The Bertz CT molecular complexity index is 1030. The Morgan fingerprint density at radius 3 is 2.75 bits per heavy atom. The van der Waals surface area contributed by atoms with E-state index in [1.165, 1.54) is 24.3 Å². The minimum atomic E-state index is -3.02. The van der Waals surface area contributed by atoms with Crippen LogP contribution in [-0.2, 0) is 0 Å². The average molecular weight is 388 g/mol. The lowest BCUT2D eigenvalue weighted by atomic mass is 9.93. The van der Waals surface area contributed by atoms with E-state index in [4.69, 9.17) is 6.57 Å². The van der Waals surface area contributed by atoms with E-state index in [0.717, 1.165) is 6.07 Å². The van der Waals surface area contributed by atoms with E-state index in [2.05, 4.69) is 20.5 Å². The van der Waals surface area contributed by atoms with Gasteiger partial charge in [-0.05, 0) is 36.2 Å². The molecule has 0 radical (unpaired) electrons. The number of aliphatic imine (C=N–C) groups is 1. The molecule has 1 heterocycles. The number of halogens is 3. The van der Waals surface area contributed by atoms with Crippen LogP contribution in [0.1, 0.15) is 15.9 Å². The minimum absolute atomic E-state index is 0.0294. The highest BCUT2D eigenvalue weighted by Gasteiger charge is 2.33. The van der Waals surface area contributed by atoms with Crippen LogP contribution in [0.25, 0.3) is 16.0 Å². The molecule has 0 bridgehead atoms. The first kappa shape index (κ1) is 19.2. The van der Waals surface area contributed by atoms with Crippen LogP contribution >= 0.6 is 0 Å². The van der Waals surface area contributed by atoms with Gasteiger partial charge in [-0.2, -0.15) is 0 Å². The van der Waals surface area contributed by atoms with E-state index in [1.807, 2.05) is 0 Å². The largest absolute Gasteiger partial charge is 0.507 e. The topological polar surface area (TPSA) is 78.1 Å². The van der Waals surface area contributed by atoms with Crippen molar-refractivity contribution in [1.29, 1.82) is 0 Å². The lowest BCUT2D eigenvalue weighted by molar-refractivity contribution is 0.0120. The summed E-state index contributed by atoms with van der Waals surface area (Å²) in [5, 5.41) is 14.9. The number of carbonyl (C=O) groups is 1. The maximum absolute atomic E-state index is 13.8. The summed E-state index contributed by atoms with van der Waals surface area (Å²) in [6, 6.07) is 6.37. The molecule has 144 valence electrons. The molecule has 0 aromatic heterocycles. The molecule has 0 atom stereocenters. The fourth-order valence-electron chi connectivity index (χ4n) is 2.81. The van der Waals surface area contributed by atoms with Crippen LogP contribution in [0.4, 0.5) is 18.9 Å². The molecule has 9 heteroatoms. The Kier molecular flexibility index (Phi) is 4.96. The van der Waals surface area contributed by atoms with Gasteiger partial charge in [0.05, 0.1) is 18.7 Å². The van der Waals surface area contributed by atoms with Crippen molar-refractivity contribution in [3.8, 4) is 16.9 Å². The van der Waals surface area contributed by atoms with Crippen LogP contribution in [0.15, 0.2) is 35.3 Å². The van der Waals surface area contributed by atoms with Gasteiger partial charge in [0.15, 0.2) is 11.6 Å². The molecule has 1 amide bonds. The van der Waals surface area contributed by atoms with Gasteiger partial charge in [0.2, 0.25) is 0 Å². The number of nitrogens with zero attached hydrogens (tertiary/aromatic N) is 2. The van der Waals surface area contributed by atoms with Crippen LogP contribution in [0.5, 0.6) is 5.75 Å². The second-order valence-corrected chi connectivity index (χ2v) is 6.25. The normalized spacial score (nSPS) is 15.2. The van der Waals surface area contributed by atoms with Crippen LogP contribution < -0.4 is 10.6 Å². The Hall–Kier alpha value is -3.54. The molecule has 2 aromatic rings. The summed E-state index contributed by atoms with van der Waals surface area (Å²) in [4.78, 5) is 19.7. The van der Waals surface area contributed by atoms with Gasteiger partial charge < -0.3 is 10.4 Å². The maximum Gasteiger partial charge on any atom is 0.284 e. The van der Waals surface area contributed by atoms with Crippen molar-refractivity contribution >= 4 is 17.6 Å². The predicted molar refractivity (Wildman–Crippen MR) is 97.2 cm³/mol. The van der Waals surface area contributed by atoms with Gasteiger partial charge in [-0.15, -0.1) is 0 Å². The third kappa shape index (κ3) is 3.76. The fraction of sp³-hybridized carbons (Fsp3) is 0.211. The highest BCUT2D eigenvalue weighted by atomic mass is 19.3. The van der Waals surface area contributed by atoms with E-state index in [-0.39, 0.29) is 28.3 Å². The molecule has 0 aliphatic carbocycles. The van der Waals surface area contributed by atoms with Crippen LogP contribution in [0.3, 0.4) is 0 Å². The van der Waals surface area contributed by atoms with E-state index in [0.29, 0.717) is 5.56 Å². The zero-order chi connectivity index (χ0) is 20.5. The van der Waals surface area contributed by atoms with Gasteiger partial charge in [0, 0.05) is 5.56 Å².